The van der Waals surface area contributed by atoms with Crippen LogP contribution in [-0.4, -0.2) is 28.9 Å². The van der Waals surface area contributed by atoms with Crippen molar-refractivity contribution >= 4 is 11.9 Å². The number of aromatic carboxylic acids is 1. The second kappa shape index (κ2) is 6.57. The predicted molar refractivity (Wildman–Crippen MR) is 75.7 cm³/mol. The average Bonchev–Trinajstić information content (AvgIpc) is 2.53. The number of carboxylic acid groups (broad SMARTS) is 1. The fourth-order valence-electron chi connectivity index (χ4n) is 1.78. The van der Waals surface area contributed by atoms with Crippen LogP contribution in [-0.2, 0) is 11.3 Å². The predicted octanol–water partition coefficient (Wildman–Crippen LogP) is 0.962. The number of benzene rings is 1. The quantitative estimate of drug-likeness (QED) is 0.827. The van der Waals surface area contributed by atoms with Crippen molar-refractivity contribution in [3.8, 4) is 0 Å². The van der Waals surface area contributed by atoms with Crippen LogP contribution in [0.1, 0.15) is 26.4 Å². The van der Waals surface area contributed by atoms with E-state index in [4.69, 9.17) is 9.94 Å². The third-order valence-corrected chi connectivity index (χ3v) is 2.87. The Hall–Kier alpha value is -3.09. The van der Waals surface area contributed by atoms with Crippen molar-refractivity contribution in [3.05, 3.63) is 69.6 Å². The minimum absolute atomic E-state index is 0.00614. The number of carbonyl (C=O) groups is 2. The lowest BCUT2D eigenvalue weighted by Gasteiger charge is -2.13. The summed E-state index contributed by atoms with van der Waals surface area (Å²) in [7, 11) is 1.15. The van der Waals surface area contributed by atoms with Gasteiger partial charge in [0.15, 0.2) is 5.69 Å². The van der Waals surface area contributed by atoms with Gasteiger partial charge in [-0.15, -0.1) is 4.73 Å². The zero-order valence-corrected chi connectivity index (χ0v) is 11.7. The highest BCUT2D eigenvalue weighted by atomic mass is 16.7. The molecule has 0 bridgehead atoms. The lowest BCUT2D eigenvalue weighted by molar-refractivity contribution is 0.0449. The van der Waals surface area contributed by atoms with Gasteiger partial charge in [-0.05, 0) is 17.7 Å². The van der Waals surface area contributed by atoms with E-state index in [-0.39, 0.29) is 12.3 Å². The molecule has 7 heteroatoms. The Labute approximate surface area is 125 Å². The lowest BCUT2D eigenvalue weighted by atomic mass is 10.2. The molecule has 7 nitrogen and oxygen atoms in total. The summed E-state index contributed by atoms with van der Waals surface area (Å²) in [6.07, 6.45) is 0. The van der Waals surface area contributed by atoms with Gasteiger partial charge in [-0.25, -0.2) is 9.59 Å². The van der Waals surface area contributed by atoms with Gasteiger partial charge >= 0.3 is 11.9 Å². The summed E-state index contributed by atoms with van der Waals surface area (Å²) in [5.41, 5.74) is -0.869. The van der Waals surface area contributed by atoms with Gasteiger partial charge in [-0.2, -0.15) is 0 Å². The molecule has 2 aromatic rings. The van der Waals surface area contributed by atoms with Gasteiger partial charge in [0.25, 0.3) is 5.56 Å². The number of hydrogen-bond donors (Lipinski definition) is 1. The maximum absolute atomic E-state index is 12.1. The van der Waals surface area contributed by atoms with E-state index < -0.39 is 23.1 Å². The molecule has 2 rings (SSSR count). The summed E-state index contributed by atoms with van der Waals surface area (Å²) in [6.45, 7) is -0.00614. The third-order valence-electron chi connectivity index (χ3n) is 2.87. The molecule has 114 valence electrons. The van der Waals surface area contributed by atoms with Gasteiger partial charge in [-0.3, -0.25) is 4.79 Å². The average molecular weight is 303 g/mol. The van der Waals surface area contributed by atoms with Crippen molar-refractivity contribution in [1.29, 1.82) is 0 Å². The van der Waals surface area contributed by atoms with Gasteiger partial charge in [0.1, 0.15) is 12.2 Å². The van der Waals surface area contributed by atoms with Crippen LogP contribution in [0, 0.1) is 0 Å². The van der Waals surface area contributed by atoms with E-state index in [1.807, 2.05) is 6.07 Å². The zero-order chi connectivity index (χ0) is 16.1. The second-order valence-electron chi connectivity index (χ2n) is 4.29. The van der Waals surface area contributed by atoms with E-state index >= 15 is 0 Å². The van der Waals surface area contributed by atoms with Gasteiger partial charge in [0.05, 0.1) is 7.11 Å². The summed E-state index contributed by atoms with van der Waals surface area (Å²) >= 11 is 0. The van der Waals surface area contributed by atoms with Crippen LogP contribution < -0.4 is 10.4 Å². The van der Waals surface area contributed by atoms with Gasteiger partial charge < -0.3 is 14.7 Å². The highest BCUT2D eigenvalue weighted by Crippen LogP contribution is 2.04. The van der Waals surface area contributed by atoms with Crippen molar-refractivity contribution in [2.24, 2.45) is 0 Å². The first kappa shape index (κ1) is 15.3. The van der Waals surface area contributed by atoms with Gasteiger partial charge in [-0.1, -0.05) is 30.3 Å². The first-order valence-corrected chi connectivity index (χ1v) is 6.29. The number of methoxy groups -OCH3 is 1. The summed E-state index contributed by atoms with van der Waals surface area (Å²) in [6, 6.07) is 11.1. The molecule has 0 fully saturated rings. The Bertz CT molecular complexity index is 750. The molecule has 1 aromatic carbocycles. The number of pyridine rings is 1. The van der Waals surface area contributed by atoms with Crippen molar-refractivity contribution in [2.45, 2.75) is 6.61 Å². The largest absolute Gasteiger partial charge is 0.477 e. The zero-order valence-electron chi connectivity index (χ0n) is 11.7. The van der Waals surface area contributed by atoms with Crippen LogP contribution in [0.2, 0.25) is 0 Å². The Morgan fingerprint density at radius 2 is 1.82 bits per heavy atom. The summed E-state index contributed by atoms with van der Waals surface area (Å²) in [4.78, 5) is 40.1. The molecule has 0 aliphatic carbocycles. The van der Waals surface area contributed by atoms with E-state index in [1.165, 1.54) is 6.07 Å². The van der Waals surface area contributed by atoms with Crippen molar-refractivity contribution in [1.82, 2.24) is 4.73 Å². The number of hydrogen-bond acceptors (Lipinski definition) is 5. The van der Waals surface area contributed by atoms with E-state index in [2.05, 4.69) is 4.74 Å². The highest BCUT2D eigenvalue weighted by molar-refractivity contribution is 5.90. The number of nitrogens with zero attached hydrogens (tertiary/aromatic N) is 1. The molecule has 0 amide bonds. The van der Waals surface area contributed by atoms with Gasteiger partial charge in [0.2, 0.25) is 0 Å². The van der Waals surface area contributed by atoms with Crippen LogP contribution in [0.3, 0.4) is 0 Å². The number of carbonyl (C=O) groups excluding carboxylic acids is 1. The van der Waals surface area contributed by atoms with Crippen molar-refractivity contribution in [2.75, 3.05) is 7.11 Å². The molecule has 0 atom stereocenters. The van der Waals surface area contributed by atoms with Crippen molar-refractivity contribution in [3.63, 3.8) is 0 Å². The van der Waals surface area contributed by atoms with Crippen molar-refractivity contribution < 1.29 is 24.3 Å². The van der Waals surface area contributed by atoms with E-state index in [0.717, 1.165) is 18.7 Å². The fourth-order valence-corrected chi connectivity index (χ4v) is 1.78. The molecule has 0 saturated heterocycles. The van der Waals surface area contributed by atoms with Gasteiger partial charge in [0, 0.05) is 0 Å². The normalized spacial score (nSPS) is 10.0. The van der Waals surface area contributed by atoms with E-state index in [9.17, 15) is 14.4 Å². The molecule has 1 heterocycles. The number of carboxylic acids is 1. The summed E-state index contributed by atoms with van der Waals surface area (Å²) in [5.74, 6) is -2.21. The third kappa shape index (κ3) is 3.14. The first-order chi connectivity index (χ1) is 10.5. The summed E-state index contributed by atoms with van der Waals surface area (Å²) in [5, 5.41) is 8.98. The fraction of sp³-hybridized carbons (Fsp3) is 0.133. The Balaban J connectivity index is 2.41. The molecule has 22 heavy (non-hydrogen) atoms. The Morgan fingerprint density at radius 3 is 2.41 bits per heavy atom. The van der Waals surface area contributed by atoms with E-state index in [1.54, 1.807) is 24.3 Å². The minimum atomic E-state index is -1.40. The standard InChI is InChI=1S/C15H13NO6/c1-21-15(20)12-8-7-11(14(18)19)13(17)16(12)22-9-10-5-3-2-4-6-10/h2-8H,9H2,1H3,(H,18,19). The minimum Gasteiger partial charge on any atom is -0.477 e. The first-order valence-electron chi connectivity index (χ1n) is 6.29. The highest BCUT2D eigenvalue weighted by Gasteiger charge is 2.19. The van der Waals surface area contributed by atoms with E-state index in [0.29, 0.717) is 4.73 Å². The topological polar surface area (TPSA) is 94.8 Å². The molecule has 0 unspecified atom stereocenters. The molecular weight excluding hydrogens is 290 g/mol. The summed E-state index contributed by atoms with van der Waals surface area (Å²) < 4.78 is 5.20. The maximum Gasteiger partial charge on any atom is 0.358 e. The van der Waals surface area contributed by atoms with Crippen LogP contribution in [0.15, 0.2) is 47.3 Å². The molecule has 0 radical (unpaired) electrons. The molecule has 1 aromatic heterocycles. The number of aromatic nitrogens is 1. The number of esters is 1. The molecular formula is C15H13NO6. The molecule has 1 N–H and O–H groups in total. The molecule has 0 aliphatic rings. The smallest absolute Gasteiger partial charge is 0.358 e. The molecule has 0 aliphatic heterocycles. The molecule has 0 spiro atoms. The lowest BCUT2D eigenvalue weighted by Crippen LogP contribution is -2.35. The van der Waals surface area contributed by atoms with Crippen LogP contribution in [0.5, 0.6) is 0 Å². The van der Waals surface area contributed by atoms with Crippen LogP contribution in [0.25, 0.3) is 0 Å². The van der Waals surface area contributed by atoms with Crippen LogP contribution >= 0.6 is 0 Å². The molecule has 0 saturated carbocycles. The Kier molecular flexibility index (Phi) is 4.57. The second-order valence-corrected chi connectivity index (χ2v) is 4.29. The maximum atomic E-state index is 12.1. The van der Waals surface area contributed by atoms with Crippen LogP contribution in [0.4, 0.5) is 0 Å². The number of rotatable bonds is 5. The number of ether oxygens (including phenoxy) is 1. The monoisotopic (exact) mass is 303 g/mol. The SMILES string of the molecule is COC(=O)c1ccc(C(=O)O)c(=O)n1OCc1ccccc1. The Morgan fingerprint density at radius 1 is 1.14 bits per heavy atom.